The molecule has 0 saturated carbocycles. The monoisotopic (exact) mass is 450 g/mol. The number of hydrogen-bond donors (Lipinski definition) is 4. The molecule has 0 bridgehead atoms. The molecule has 0 aliphatic carbocycles. The summed E-state index contributed by atoms with van der Waals surface area (Å²) in [5.74, 6) is 0.795. The van der Waals surface area contributed by atoms with Crippen LogP contribution in [0, 0.1) is 0 Å². The molecule has 0 spiro atoms. The molecule has 0 aromatic heterocycles. The van der Waals surface area contributed by atoms with Crippen LogP contribution in [0.4, 0.5) is 0 Å². The molecule has 4 N–H and O–H groups in total. The van der Waals surface area contributed by atoms with E-state index in [4.69, 9.17) is 30.9 Å². The van der Waals surface area contributed by atoms with Crippen LogP contribution in [0.5, 0.6) is 5.75 Å². The van der Waals surface area contributed by atoms with Gasteiger partial charge in [0.05, 0.1) is 19.8 Å². The molecule has 2 heterocycles. The lowest BCUT2D eigenvalue weighted by atomic mass is 9.96. The summed E-state index contributed by atoms with van der Waals surface area (Å²) in [4.78, 5) is 0. The summed E-state index contributed by atoms with van der Waals surface area (Å²) in [7, 11) is 0. The number of ether oxygens (including phenoxy) is 3. The molecule has 168 valence electrons. The highest BCUT2D eigenvalue weighted by Crippen LogP contribution is 2.36. The molecule has 2 aromatic carbocycles. The minimum absolute atomic E-state index is 0.0957. The van der Waals surface area contributed by atoms with Crippen LogP contribution in [0.1, 0.15) is 29.2 Å². The SMILES string of the molecule is OC[C@@H](O)C1O[C@H](c2ccc(Cl)c(Cc3ccc(O[C@@H]4CCOC4)cc3)c2)[C@H](O)[C@H]1O. The van der Waals surface area contributed by atoms with Crippen LogP contribution in [-0.2, 0) is 15.9 Å². The number of rotatable bonds is 7. The van der Waals surface area contributed by atoms with Gasteiger partial charge >= 0.3 is 0 Å². The predicted octanol–water partition coefficient (Wildman–Crippen LogP) is 1.61. The van der Waals surface area contributed by atoms with Gasteiger partial charge in [-0.2, -0.15) is 0 Å². The Bertz CT molecular complexity index is 869. The highest BCUT2D eigenvalue weighted by atomic mass is 35.5. The lowest BCUT2D eigenvalue weighted by molar-refractivity contribution is -0.0820. The van der Waals surface area contributed by atoms with Crippen molar-refractivity contribution in [3.05, 3.63) is 64.2 Å². The van der Waals surface area contributed by atoms with Crippen molar-refractivity contribution < 1.29 is 34.6 Å². The Balaban J connectivity index is 1.47. The van der Waals surface area contributed by atoms with E-state index in [1.54, 1.807) is 12.1 Å². The van der Waals surface area contributed by atoms with Crippen LogP contribution >= 0.6 is 11.6 Å². The van der Waals surface area contributed by atoms with Crippen LogP contribution in [0.25, 0.3) is 0 Å². The molecule has 2 aromatic rings. The largest absolute Gasteiger partial charge is 0.488 e. The summed E-state index contributed by atoms with van der Waals surface area (Å²) >= 11 is 6.40. The maximum atomic E-state index is 10.4. The van der Waals surface area contributed by atoms with Crippen molar-refractivity contribution in [3.63, 3.8) is 0 Å². The highest BCUT2D eigenvalue weighted by molar-refractivity contribution is 6.31. The van der Waals surface area contributed by atoms with E-state index in [9.17, 15) is 15.3 Å². The second-order valence-electron chi connectivity index (χ2n) is 8.03. The van der Waals surface area contributed by atoms with Crippen LogP contribution in [0.15, 0.2) is 42.5 Å². The number of benzene rings is 2. The predicted molar refractivity (Wildman–Crippen MR) is 113 cm³/mol. The average Bonchev–Trinajstić information content (AvgIpc) is 3.39. The first kappa shape index (κ1) is 22.5. The molecule has 0 amide bonds. The van der Waals surface area contributed by atoms with Gasteiger partial charge in [0.15, 0.2) is 0 Å². The zero-order valence-corrected chi connectivity index (χ0v) is 17.7. The standard InChI is InChI=1S/C23H27ClO7/c24-18-6-3-14(22-20(27)21(28)23(31-22)19(26)11-25)10-15(18)9-13-1-4-16(5-2-13)30-17-7-8-29-12-17/h1-6,10,17,19-23,25-28H,7-9,11-12H2/t17-,19-,20-,21-,22-,23?/m1/s1. The zero-order valence-electron chi connectivity index (χ0n) is 16.9. The molecule has 7 nitrogen and oxygen atoms in total. The van der Waals surface area contributed by atoms with E-state index in [1.807, 2.05) is 30.3 Å². The molecular weight excluding hydrogens is 424 g/mol. The van der Waals surface area contributed by atoms with Crippen LogP contribution in [0.2, 0.25) is 5.02 Å². The Morgan fingerprint density at radius 3 is 2.55 bits per heavy atom. The second-order valence-corrected chi connectivity index (χ2v) is 8.43. The topological polar surface area (TPSA) is 109 Å². The number of aliphatic hydroxyl groups is 4. The minimum atomic E-state index is -1.30. The van der Waals surface area contributed by atoms with Crippen molar-refractivity contribution in [3.8, 4) is 5.75 Å². The molecule has 2 aliphatic rings. The van der Waals surface area contributed by atoms with Gasteiger partial charge < -0.3 is 34.6 Å². The van der Waals surface area contributed by atoms with E-state index >= 15 is 0 Å². The Kier molecular flexibility index (Phi) is 7.13. The van der Waals surface area contributed by atoms with Gasteiger partial charge in [-0.05, 0) is 41.3 Å². The number of halogens is 1. The smallest absolute Gasteiger partial charge is 0.124 e. The minimum Gasteiger partial charge on any atom is -0.488 e. The van der Waals surface area contributed by atoms with E-state index in [-0.39, 0.29) is 6.10 Å². The number of aliphatic hydroxyl groups excluding tert-OH is 4. The highest BCUT2D eigenvalue weighted by Gasteiger charge is 2.46. The first-order valence-electron chi connectivity index (χ1n) is 10.4. The van der Waals surface area contributed by atoms with Gasteiger partial charge in [0, 0.05) is 11.4 Å². The van der Waals surface area contributed by atoms with Gasteiger partial charge in [0.25, 0.3) is 0 Å². The lowest BCUT2D eigenvalue weighted by Crippen LogP contribution is -2.40. The molecular formula is C23H27ClO7. The third-order valence-corrected chi connectivity index (χ3v) is 6.14. The van der Waals surface area contributed by atoms with Gasteiger partial charge in [0.1, 0.15) is 42.4 Å². The molecule has 6 atom stereocenters. The van der Waals surface area contributed by atoms with Crippen LogP contribution in [0.3, 0.4) is 0 Å². The quantitative estimate of drug-likeness (QED) is 0.507. The second kappa shape index (κ2) is 9.83. The Hall–Kier alpha value is -1.71. The van der Waals surface area contributed by atoms with Gasteiger partial charge in [0.2, 0.25) is 0 Å². The van der Waals surface area contributed by atoms with E-state index in [1.165, 1.54) is 0 Å². The molecule has 0 radical (unpaired) electrons. The molecule has 2 aliphatic heterocycles. The van der Waals surface area contributed by atoms with Crippen LogP contribution < -0.4 is 4.74 Å². The number of hydrogen-bond acceptors (Lipinski definition) is 7. The molecule has 2 saturated heterocycles. The summed E-state index contributed by atoms with van der Waals surface area (Å²) in [6, 6.07) is 13.1. The van der Waals surface area contributed by atoms with Crippen molar-refractivity contribution in [2.24, 2.45) is 0 Å². The molecule has 1 unspecified atom stereocenters. The third-order valence-electron chi connectivity index (χ3n) is 5.77. The fourth-order valence-corrected chi connectivity index (χ4v) is 4.20. The van der Waals surface area contributed by atoms with Crippen molar-refractivity contribution in [1.29, 1.82) is 0 Å². The first-order chi connectivity index (χ1) is 15.0. The van der Waals surface area contributed by atoms with Crippen molar-refractivity contribution >= 4 is 11.6 Å². The van der Waals surface area contributed by atoms with Crippen molar-refractivity contribution in [2.45, 2.75) is 49.5 Å². The van der Waals surface area contributed by atoms with Crippen molar-refractivity contribution in [2.75, 3.05) is 19.8 Å². The van der Waals surface area contributed by atoms with E-state index in [0.29, 0.717) is 23.6 Å². The maximum absolute atomic E-state index is 10.4. The molecule has 31 heavy (non-hydrogen) atoms. The third kappa shape index (κ3) is 5.04. The summed E-state index contributed by atoms with van der Waals surface area (Å²) in [5.41, 5.74) is 2.52. The molecule has 2 fully saturated rings. The van der Waals surface area contributed by atoms with Crippen molar-refractivity contribution in [1.82, 2.24) is 0 Å². The molecule has 4 rings (SSSR count). The summed E-state index contributed by atoms with van der Waals surface area (Å²) in [6.07, 6.45) is -4.15. The fourth-order valence-electron chi connectivity index (χ4n) is 4.01. The van der Waals surface area contributed by atoms with E-state index in [0.717, 1.165) is 29.9 Å². The Morgan fingerprint density at radius 1 is 1.10 bits per heavy atom. The normalized spacial score (nSPS) is 29.3. The lowest BCUT2D eigenvalue weighted by Gasteiger charge is -2.19. The van der Waals surface area contributed by atoms with Gasteiger partial charge in [-0.1, -0.05) is 35.9 Å². The zero-order chi connectivity index (χ0) is 22.0. The van der Waals surface area contributed by atoms with E-state index in [2.05, 4.69) is 0 Å². The van der Waals surface area contributed by atoms with Gasteiger partial charge in [-0.15, -0.1) is 0 Å². The Morgan fingerprint density at radius 2 is 1.87 bits per heavy atom. The fraction of sp³-hybridized carbons (Fsp3) is 0.478. The maximum Gasteiger partial charge on any atom is 0.124 e. The summed E-state index contributed by atoms with van der Waals surface area (Å²) in [5, 5.41) is 40.1. The van der Waals surface area contributed by atoms with Crippen LogP contribution in [-0.4, -0.2) is 70.8 Å². The Labute approximate surface area is 185 Å². The average molecular weight is 451 g/mol. The first-order valence-corrected chi connectivity index (χ1v) is 10.8. The summed E-state index contributed by atoms with van der Waals surface area (Å²) < 4.78 is 16.9. The summed E-state index contributed by atoms with van der Waals surface area (Å²) in [6.45, 7) is 0.776. The van der Waals surface area contributed by atoms with Gasteiger partial charge in [-0.25, -0.2) is 0 Å². The molecule has 8 heteroatoms. The van der Waals surface area contributed by atoms with E-state index < -0.39 is 37.1 Å². The van der Waals surface area contributed by atoms with Gasteiger partial charge in [-0.3, -0.25) is 0 Å².